The van der Waals surface area contributed by atoms with Crippen LogP contribution in [-0.2, 0) is 16.5 Å². The van der Waals surface area contributed by atoms with E-state index in [4.69, 9.17) is 20.5 Å². The number of H-pyrrole nitrogens is 1. The van der Waals surface area contributed by atoms with Crippen LogP contribution in [0.2, 0.25) is 0 Å². The van der Waals surface area contributed by atoms with Gasteiger partial charge in [-0.3, -0.25) is 0 Å². The van der Waals surface area contributed by atoms with Crippen LogP contribution in [0.3, 0.4) is 0 Å². The lowest BCUT2D eigenvalue weighted by atomic mass is 10.6. The van der Waals surface area contributed by atoms with E-state index < -0.39 is 0 Å². The van der Waals surface area contributed by atoms with Gasteiger partial charge in [-0.15, -0.1) is 34.0 Å². The van der Waals surface area contributed by atoms with E-state index in [2.05, 4.69) is 45.8 Å². The summed E-state index contributed by atoms with van der Waals surface area (Å²) in [6.07, 6.45) is 13.8. The Kier molecular flexibility index (Phi) is 20.6. The summed E-state index contributed by atoms with van der Waals surface area (Å²) in [5.74, 6) is 0.843. The Hall–Kier alpha value is -2.84. The Bertz CT molecular complexity index is 1060. The van der Waals surface area contributed by atoms with Gasteiger partial charge < -0.3 is 24.8 Å². The molecule has 5 aromatic rings. The molecule has 15 heteroatoms. The fourth-order valence-corrected chi connectivity index (χ4v) is 3.64. The molecule has 0 amide bonds. The summed E-state index contributed by atoms with van der Waals surface area (Å²) < 4.78 is 12.2. The van der Waals surface area contributed by atoms with E-state index in [1.54, 1.807) is 85.8 Å². The van der Waals surface area contributed by atoms with E-state index in [1.165, 1.54) is 11.3 Å². The van der Waals surface area contributed by atoms with Crippen LogP contribution in [0.15, 0.2) is 69.8 Å². The first kappa shape index (κ1) is 34.2. The fraction of sp³-hybridized carbons (Fsp3) is 0.273. The highest BCUT2D eigenvalue weighted by molar-refractivity contribution is 9.11. The average molecular weight is 629 g/mol. The van der Waals surface area contributed by atoms with Crippen LogP contribution in [0.1, 0.15) is 12.4 Å². The average Bonchev–Trinajstić information content (AvgIpc) is 3.72. The molecule has 5 aromatic heterocycles. The molecule has 5 rings (SSSR count). The number of nitrogens with zero attached hydrogens (tertiary/aromatic N) is 7. The second-order valence-corrected chi connectivity index (χ2v) is 9.83. The van der Waals surface area contributed by atoms with E-state index in [0.29, 0.717) is 11.6 Å². The van der Waals surface area contributed by atoms with Crippen LogP contribution in [0.4, 0.5) is 0 Å². The van der Waals surface area contributed by atoms with Gasteiger partial charge in [0, 0.05) is 87.3 Å². The van der Waals surface area contributed by atoms with Crippen molar-refractivity contribution >= 4 is 49.9 Å². The molecule has 0 aliphatic rings. The number of nitrogens with two attached hydrogens (primary N) is 1. The van der Waals surface area contributed by atoms with E-state index in [1.807, 2.05) is 34.6 Å². The third-order valence-electron chi connectivity index (χ3n) is 3.42. The molecule has 5 heterocycles. The van der Waals surface area contributed by atoms with Gasteiger partial charge in [-0.05, 0) is 15.9 Å². The monoisotopic (exact) mass is 627 g/mol. The predicted molar refractivity (Wildman–Crippen MR) is 153 cm³/mol. The van der Waals surface area contributed by atoms with Crippen molar-refractivity contribution in [2.24, 2.45) is 12.8 Å². The maximum absolute atomic E-state index is 8.12. The molecular formula is C22H30BrN9O2S3. The topological polar surface area (TPSA) is 153 Å². The first-order chi connectivity index (χ1) is 17.5. The largest absolute Gasteiger partial charge is 0.355 e. The molecule has 0 fully saturated rings. The Morgan fingerprint density at radius 3 is 1.97 bits per heavy atom. The van der Waals surface area contributed by atoms with Crippen molar-refractivity contribution in [3.8, 4) is 16.9 Å². The second kappa shape index (κ2) is 22.4. The number of aromatic amines is 1. The first-order valence-electron chi connectivity index (χ1n) is 9.95. The maximum Gasteiger partial charge on any atom is 0.194 e. The number of nitrogens with one attached hydrogen (secondary N) is 1. The summed E-state index contributed by atoms with van der Waals surface area (Å²) in [5.41, 5.74) is 5.14. The van der Waals surface area contributed by atoms with Gasteiger partial charge in [0.15, 0.2) is 26.0 Å². The molecule has 37 heavy (non-hydrogen) atoms. The summed E-state index contributed by atoms with van der Waals surface area (Å²) in [6, 6.07) is 1.91. The van der Waals surface area contributed by atoms with E-state index in [9.17, 15) is 0 Å². The Morgan fingerprint density at radius 2 is 1.70 bits per heavy atom. The molecule has 0 bridgehead atoms. The van der Waals surface area contributed by atoms with Crippen molar-refractivity contribution in [1.29, 1.82) is 5.26 Å². The number of ether oxygens (including phenoxy) is 2. The summed E-state index contributed by atoms with van der Waals surface area (Å²) in [7, 11) is 5.05. The number of imidazole rings is 2. The quantitative estimate of drug-likeness (QED) is 0.260. The first-order valence-corrected chi connectivity index (χ1v) is 13.4. The van der Waals surface area contributed by atoms with E-state index in [-0.39, 0.29) is 13.7 Å². The van der Waals surface area contributed by atoms with Gasteiger partial charge >= 0.3 is 0 Å². The number of rotatable bonds is 4. The molecule has 0 spiro atoms. The highest BCUT2D eigenvalue weighted by atomic mass is 79.9. The van der Waals surface area contributed by atoms with Gasteiger partial charge in [0.25, 0.3) is 0 Å². The summed E-state index contributed by atoms with van der Waals surface area (Å²) in [5, 5.41) is 15.2. The minimum Gasteiger partial charge on any atom is -0.355 e. The Morgan fingerprint density at radius 1 is 1.03 bits per heavy atom. The third kappa shape index (κ3) is 16.5. The zero-order valence-corrected chi connectivity index (χ0v) is 23.8. The van der Waals surface area contributed by atoms with E-state index >= 15 is 0 Å². The van der Waals surface area contributed by atoms with Crippen molar-refractivity contribution in [1.82, 2.24) is 34.5 Å². The van der Waals surface area contributed by atoms with Gasteiger partial charge in [0.2, 0.25) is 0 Å². The summed E-state index contributed by atoms with van der Waals surface area (Å²) >= 11 is 7.70. The van der Waals surface area contributed by atoms with Crippen LogP contribution in [0.25, 0.3) is 10.8 Å². The summed E-state index contributed by atoms with van der Waals surface area (Å²) in [4.78, 5) is 22.4. The lowest BCUT2D eigenvalue weighted by Gasteiger charge is -2.08. The lowest BCUT2D eigenvalue weighted by Crippen LogP contribution is -2.23. The minimum absolute atomic E-state index is 0. The van der Waals surface area contributed by atoms with Crippen molar-refractivity contribution in [3.63, 3.8) is 0 Å². The third-order valence-corrected chi connectivity index (χ3v) is 6.20. The van der Waals surface area contributed by atoms with Crippen molar-refractivity contribution in [3.05, 3.63) is 74.8 Å². The van der Waals surface area contributed by atoms with Crippen LogP contribution in [0, 0.1) is 11.3 Å². The second-order valence-electron chi connectivity index (χ2n) is 5.87. The lowest BCUT2D eigenvalue weighted by molar-refractivity contribution is -0.0940. The van der Waals surface area contributed by atoms with Crippen molar-refractivity contribution < 1.29 is 9.47 Å². The predicted octanol–water partition coefficient (Wildman–Crippen LogP) is 5.07. The number of methoxy groups -OCH3 is 2. The number of thiazole rings is 3. The van der Waals surface area contributed by atoms with Crippen molar-refractivity contribution in [2.45, 2.75) is 13.7 Å². The maximum atomic E-state index is 8.12. The van der Waals surface area contributed by atoms with Crippen LogP contribution in [-0.4, -0.2) is 61.5 Å². The number of aromatic nitrogens is 7. The van der Waals surface area contributed by atoms with Gasteiger partial charge in [-0.25, -0.2) is 24.9 Å². The molecule has 0 aliphatic carbocycles. The van der Waals surface area contributed by atoms with Gasteiger partial charge in [-0.2, -0.15) is 5.26 Å². The van der Waals surface area contributed by atoms with Gasteiger partial charge in [0.1, 0.15) is 6.07 Å². The number of halogens is 1. The highest BCUT2D eigenvalue weighted by Crippen LogP contribution is 2.15. The number of aryl methyl sites for hydroxylation is 1. The highest BCUT2D eigenvalue weighted by Gasteiger charge is 1.99. The number of nitriles is 1. The smallest absolute Gasteiger partial charge is 0.194 e. The standard InChI is InChI=1S/C6H5N3S.C4H2N2S.C4H6N2.C4H11NO2.C3H2BrNS.CH4/c1-2-8-5(7-1)6-9-3-4-10-6;5-3-4-6-1-2-7-4;1-6-3-2-5-4-6;1-6-4(3-5)7-2;4-3-5-1-2-6-3;/h1-4H,(H,7,8);1-2H;2-4H,1H3;4H,3,5H2,1-2H3;1-2H;1H4. The van der Waals surface area contributed by atoms with Crippen LogP contribution < -0.4 is 5.73 Å². The molecule has 0 aromatic carbocycles. The number of hydrogen-bond acceptors (Lipinski definition) is 12. The normalized spacial score (nSPS) is 9.00. The van der Waals surface area contributed by atoms with Crippen LogP contribution >= 0.6 is 49.9 Å². The van der Waals surface area contributed by atoms with Gasteiger partial charge in [0.05, 0.1) is 6.33 Å². The fourth-order valence-electron chi connectivity index (χ4n) is 1.82. The summed E-state index contributed by atoms with van der Waals surface area (Å²) in [6.45, 7) is 0.410. The molecular weight excluding hydrogens is 598 g/mol. The molecule has 0 atom stereocenters. The minimum atomic E-state index is -0.236. The zero-order chi connectivity index (χ0) is 26.4. The molecule has 0 radical (unpaired) electrons. The molecule has 0 aliphatic heterocycles. The molecule has 3 N–H and O–H groups in total. The SMILES string of the molecule is Brc1nccs1.C.COC(CN)OC.Cn1ccnc1.N#Cc1nccs1.c1c[nH]c(-c2nccs2)n1. The molecule has 0 saturated heterocycles. The van der Waals surface area contributed by atoms with E-state index in [0.717, 1.165) is 14.7 Å². The van der Waals surface area contributed by atoms with Crippen LogP contribution in [0.5, 0.6) is 0 Å². The Balaban J connectivity index is 0.000000442. The molecule has 0 unspecified atom stereocenters. The Labute approximate surface area is 237 Å². The molecule has 200 valence electrons. The van der Waals surface area contributed by atoms with Crippen molar-refractivity contribution in [2.75, 3.05) is 20.8 Å². The molecule has 11 nitrogen and oxygen atoms in total. The number of hydrogen-bond donors (Lipinski definition) is 2. The molecule has 0 saturated carbocycles. The zero-order valence-electron chi connectivity index (χ0n) is 19.8. The van der Waals surface area contributed by atoms with Gasteiger partial charge in [-0.1, -0.05) is 7.43 Å².